The van der Waals surface area contributed by atoms with Crippen molar-refractivity contribution in [1.82, 2.24) is 11.1 Å². The number of benzene rings is 1. The lowest BCUT2D eigenvalue weighted by Gasteiger charge is -2.46. The first-order valence-electron chi connectivity index (χ1n) is 7.70. The van der Waals surface area contributed by atoms with Gasteiger partial charge in [-0.05, 0) is 28.1 Å². The van der Waals surface area contributed by atoms with Crippen LogP contribution in [0.4, 0.5) is 0 Å². The Morgan fingerprint density at radius 1 is 1.10 bits per heavy atom. The molecule has 1 aliphatic carbocycles. The van der Waals surface area contributed by atoms with E-state index in [-0.39, 0.29) is 22.3 Å². The zero-order valence-corrected chi connectivity index (χ0v) is 17.6. The Hall–Kier alpha value is -0.800. The topological polar surface area (TPSA) is 228 Å². The predicted octanol–water partition coefficient (Wildman–Crippen LogP) is -0.252. The van der Waals surface area contributed by atoms with E-state index in [0.717, 1.165) is 0 Å². The normalized spacial score (nSPS) is 34.4. The second-order valence-corrected chi connectivity index (χ2v) is 8.74. The third-order valence-corrected chi connectivity index (χ3v) is 6.60. The Bertz CT molecular complexity index is 929. The Morgan fingerprint density at radius 3 is 2.21 bits per heavy atom. The molecule has 1 heterocycles. The number of aliphatic hydroxyl groups excluding tert-OH is 5. The van der Waals surface area contributed by atoms with E-state index < -0.39 is 44.1 Å². The first kappa shape index (κ1) is 24.5. The minimum Gasteiger partial charge on any atom is -0.402 e. The van der Waals surface area contributed by atoms with Crippen LogP contribution in [-0.4, -0.2) is 76.8 Å². The zero-order chi connectivity index (χ0) is 21.0. The van der Waals surface area contributed by atoms with Gasteiger partial charge in [0, 0.05) is 10.7 Å². The maximum absolute atomic E-state index is 12.4. The summed E-state index contributed by atoms with van der Waals surface area (Å²) < 4.78 is 22.3. The molecule has 1 aromatic carbocycles. The highest BCUT2D eigenvalue weighted by molar-refractivity contribution is 9.10. The molecule has 2 aromatic rings. The van der Waals surface area contributed by atoms with Gasteiger partial charge in [-0.25, -0.2) is 9.09 Å². The van der Waals surface area contributed by atoms with Crippen molar-refractivity contribution >= 4 is 46.3 Å². The summed E-state index contributed by atoms with van der Waals surface area (Å²) >= 11 is 9.33. The van der Waals surface area contributed by atoms with Crippen LogP contribution in [0.2, 0.25) is 5.02 Å². The molecule has 1 fully saturated rings. The van der Waals surface area contributed by atoms with E-state index in [1.165, 1.54) is 6.20 Å². The lowest BCUT2D eigenvalue weighted by atomic mass is 9.82. The molecule has 0 spiro atoms. The van der Waals surface area contributed by atoms with Gasteiger partial charge in [0.15, 0.2) is 5.75 Å². The SMILES string of the molecule is N.O=P(O)(Oc1c[nH]c2ccc(Br)c(Cl)c12)OC1(O)[C@H](O)[C@H](O)C(O)[C@H](O)[C@H]1O. The van der Waals surface area contributed by atoms with Crippen LogP contribution >= 0.6 is 35.4 Å². The summed E-state index contributed by atoms with van der Waals surface area (Å²) in [4.78, 5) is 12.8. The van der Waals surface area contributed by atoms with Crippen molar-refractivity contribution < 1.29 is 49.1 Å². The lowest BCUT2D eigenvalue weighted by molar-refractivity contribution is -0.336. The third kappa shape index (κ3) is 4.19. The second kappa shape index (κ2) is 8.38. The molecule has 7 atom stereocenters. The van der Waals surface area contributed by atoms with Crippen LogP contribution in [0.5, 0.6) is 5.75 Å². The van der Waals surface area contributed by atoms with Crippen LogP contribution in [0.1, 0.15) is 0 Å². The summed E-state index contributed by atoms with van der Waals surface area (Å²) in [5, 5.41) is 59.4. The van der Waals surface area contributed by atoms with Gasteiger partial charge in [-0.1, -0.05) is 11.6 Å². The third-order valence-electron chi connectivity index (χ3n) is 4.37. The van der Waals surface area contributed by atoms with Crippen molar-refractivity contribution in [1.29, 1.82) is 0 Å². The van der Waals surface area contributed by atoms with E-state index in [4.69, 9.17) is 16.1 Å². The van der Waals surface area contributed by atoms with Crippen molar-refractivity contribution in [2.45, 2.75) is 36.3 Å². The summed E-state index contributed by atoms with van der Waals surface area (Å²) in [7, 11) is -5.27. The highest BCUT2D eigenvalue weighted by atomic mass is 79.9. The molecule has 1 aromatic heterocycles. The van der Waals surface area contributed by atoms with Crippen molar-refractivity contribution in [3.8, 4) is 5.75 Å². The molecule has 0 bridgehead atoms. The maximum atomic E-state index is 12.4. The molecule has 1 aliphatic rings. The number of hydrogen-bond donors (Lipinski definition) is 9. The Morgan fingerprint density at radius 2 is 1.66 bits per heavy atom. The van der Waals surface area contributed by atoms with Gasteiger partial charge >= 0.3 is 7.82 Å². The standard InChI is InChI=1S/C14H16BrClNO10P.H3N/c15-4-1-2-5-7(8(4)16)6(3-17-5)26-28(24,25)27-14(23)12(21)10(19)9(18)11(20)13(14)22;/h1-3,9-13,17-23H,(H,24,25);1H3/t9?,10-,11+,12-,13-,14?;/m1./s1. The molecule has 12 nitrogen and oxygen atoms in total. The maximum Gasteiger partial charge on any atom is 0.530 e. The Balaban J connectivity index is 0.00000300. The fraction of sp³-hybridized carbons (Fsp3) is 0.429. The highest BCUT2D eigenvalue weighted by Crippen LogP contribution is 2.52. The Labute approximate surface area is 176 Å². The summed E-state index contributed by atoms with van der Waals surface area (Å²) in [5.41, 5.74) is 0.439. The number of halogens is 2. The molecule has 15 heteroatoms. The number of phosphoric ester groups is 1. The monoisotopic (exact) mass is 520 g/mol. The van der Waals surface area contributed by atoms with Gasteiger partial charge in [0.05, 0.1) is 15.9 Å². The average Bonchev–Trinajstić information content (AvgIpc) is 3.02. The molecule has 11 N–H and O–H groups in total. The van der Waals surface area contributed by atoms with E-state index in [9.17, 15) is 40.1 Å². The van der Waals surface area contributed by atoms with E-state index in [0.29, 0.717) is 9.99 Å². The Kier molecular flexibility index (Phi) is 7.07. The highest BCUT2D eigenvalue weighted by Gasteiger charge is 2.61. The van der Waals surface area contributed by atoms with E-state index in [1.54, 1.807) is 12.1 Å². The van der Waals surface area contributed by atoms with Crippen molar-refractivity contribution in [3.05, 3.63) is 27.8 Å². The van der Waals surface area contributed by atoms with Crippen LogP contribution in [0.15, 0.2) is 22.8 Å². The minimum atomic E-state index is -5.27. The number of aromatic nitrogens is 1. The van der Waals surface area contributed by atoms with Gasteiger partial charge in [-0.3, -0.25) is 4.89 Å². The minimum absolute atomic E-state index is 0. The number of nitrogens with one attached hydrogen (secondary N) is 1. The van der Waals surface area contributed by atoms with Crippen LogP contribution in [-0.2, 0) is 9.09 Å². The lowest BCUT2D eigenvalue weighted by Crippen LogP contribution is -2.71. The molecule has 29 heavy (non-hydrogen) atoms. The summed E-state index contributed by atoms with van der Waals surface area (Å²) in [6, 6.07) is 3.21. The quantitative estimate of drug-likeness (QED) is 0.188. The number of H-pyrrole nitrogens is 1. The fourth-order valence-corrected chi connectivity index (χ4v) is 4.48. The van der Waals surface area contributed by atoms with Gasteiger partial charge in [0.1, 0.15) is 30.5 Å². The summed E-state index contributed by atoms with van der Waals surface area (Å²) in [6.45, 7) is 0. The van der Waals surface area contributed by atoms with E-state index in [2.05, 4.69) is 25.4 Å². The first-order chi connectivity index (χ1) is 12.9. The number of phosphoric acid groups is 1. The molecule has 0 saturated heterocycles. The molecule has 164 valence electrons. The van der Waals surface area contributed by atoms with Gasteiger partial charge in [-0.15, -0.1) is 0 Å². The van der Waals surface area contributed by atoms with Crippen molar-refractivity contribution in [3.63, 3.8) is 0 Å². The van der Waals surface area contributed by atoms with Gasteiger partial charge < -0.3 is 46.3 Å². The number of aromatic amines is 1. The predicted molar refractivity (Wildman–Crippen MR) is 103 cm³/mol. The van der Waals surface area contributed by atoms with Gasteiger partial charge in [-0.2, -0.15) is 0 Å². The van der Waals surface area contributed by atoms with Crippen LogP contribution in [0.3, 0.4) is 0 Å². The summed E-state index contributed by atoms with van der Waals surface area (Å²) in [6.07, 6.45) is -10.2. The molecule has 0 radical (unpaired) electrons. The van der Waals surface area contributed by atoms with Crippen LogP contribution in [0.25, 0.3) is 10.9 Å². The number of rotatable bonds is 4. The molecular weight excluding hydrogens is 502 g/mol. The largest absolute Gasteiger partial charge is 0.530 e. The van der Waals surface area contributed by atoms with Crippen molar-refractivity contribution in [2.75, 3.05) is 0 Å². The molecule has 0 amide bonds. The fourth-order valence-electron chi connectivity index (χ4n) is 2.87. The molecule has 0 aliphatic heterocycles. The average molecular weight is 522 g/mol. The zero-order valence-electron chi connectivity index (χ0n) is 14.4. The van der Waals surface area contributed by atoms with Crippen LogP contribution in [0, 0.1) is 0 Å². The van der Waals surface area contributed by atoms with Gasteiger partial charge in [0.2, 0.25) is 5.79 Å². The van der Waals surface area contributed by atoms with E-state index >= 15 is 0 Å². The smallest absolute Gasteiger partial charge is 0.402 e. The van der Waals surface area contributed by atoms with Gasteiger partial charge in [0.25, 0.3) is 0 Å². The second-order valence-electron chi connectivity index (χ2n) is 6.20. The van der Waals surface area contributed by atoms with Crippen LogP contribution < -0.4 is 10.7 Å². The molecule has 3 rings (SSSR count). The number of hydrogen-bond acceptors (Lipinski definition) is 10. The molecular formula is C14H19BrClN2O10P. The first-order valence-corrected chi connectivity index (χ1v) is 10.4. The van der Waals surface area contributed by atoms with E-state index in [1.807, 2.05) is 0 Å². The molecule has 1 saturated carbocycles. The molecule has 3 unspecified atom stereocenters. The number of fused-ring (bicyclic) bond motifs is 1. The van der Waals surface area contributed by atoms with Crippen molar-refractivity contribution in [2.24, 2.45) is 0 Å². The number of aliphatic hydroxyl groups is 6. The summed E-state index contributed by atoms with van der Waals surface area (Å²) in [5.74, 6) is -3.59.